The second-order valence-electron chi connectivity index (χ2n) is 4.75. The van der Waals surface area contributed by atoms with E-state index >= 15 is 0 Å². The molecule has 0 heterocycles. The molecule has 0 bridgehead atoms. The van der Waals surface area contributed by atoms with E-state index in [0.29, 0.717) is 12.5 Å². The number of nitro benzene ring substituents is 1. The Morgan fingerprint density at radius 2 is 2.16 bits per heavy atom. The normalized spacial score (nSPS) is 12.5. The van der Waals surface area contributed by atoms with E-state index in [4.69, 9.17) is 17.3 Å². The first kappa shape index (κ1) is 15.7. The fourth-order valence-electron chi connectivity index (χ4n) is 1.81. The van der Waals surface area contributed by atoms with Gasteiger partial charge in [-0.2, -0.15) is 0 Å². The number of nitrogens with two attached hydrogens (primary N) is 1. The van der Waals surface area contributed by atoms with E-state index in [-0.39, 0.29) is 22.4 Å². The SMILES string of the molecule is CC(C)CC(CN)Nc1cc(Cl)c(F)cc1[N+](=O)[O-]. The van der Waals surface area contributed by atoms with Gasteiger partial charge in [-0.05, 0) is 18.4 Å². The van der Waals surface area contributed by atoms with Crippen LogP contribution in [0.1, 0.15) is 20.3 Å². The zero-order valence-electron chi connectivity index (χ0n) is 10.8. The molecular weight excluding hydrogens is 273 g/mol. The molecule has 0 fully saturated rings. The second kappa shape index (κ2) is 6.68. The standard InChI is InChI=1S/C12H17ClFN3O2/c1-7(2)3-8(6-15)16-11-4-9(13)10(14)5-12(11)17(18)19/h4-5,7-8,16H,3,6,15H2,1-2H3. The van der Waals surface area contributed by atoms with Gasteiger partial charge in [-0.15, -0.1) is 0 Å². The average Bonchev–Trinajstić information content (AvgIpc) is 2.31. The van der Waals surface area contributed by atoms with Crippen molar-refractivity contribution in [3.05, 3.63) is 33.1 Å². The Kier molecular flexibility index (Phi) is 5.50. The Bertz CT molecular complexity index is 469. The first-order valence-electron chi connectivity index (χ1n) is 5.95. The Labute approximate surface area is 116 Å². The summed E-state index contributed by atoms with van der Waals surface area (Å²) in [5.41, 5.74) is 5.47. The predicted molar refractivity (Wildman–Crippen MR) is 74.0 cm³/mol. The lowest BCUT2D eigenvalue weighted by atomic mass is 10.0. The summed E-state index contributed by atoms with van der Waals surface area (Å²) in [5.74, 6) is -0.428. The second-order valence-corrected chi connectivity index (χ2v) is 5.15. The van der Waals surface area contributed by atoms with Crippen LogP contribution < -0.4 is 11.1 Å². The lowest BCUT2D eigenvalue weighted by molar-refractivity contribution is -0.384. The van der Waals surface area contributed by atoms with Gasteiger partial charge in [-0.25, -0.2) is 4.39 Å². The molecule has 5 nitrogen and oxygen atoms in total. The van der Waals surface area contributed by atoms with Gasteiger partial charge in [0.15, 0.2) is 0 Å². The highest BCUT2D eigenvalue weighted by Crippen LogP contribution is 2.31. The van der Waals surface area contributed by atoms with Crippen molar-refractivity contribution in [3.63, 3.8) is 0 Å². The van der Waals surface area contributed by atoms with E-state index in [1.165, 1.54) is 6.07 Å². The van der Waals surface area contributed by atoms with Gasteiger partial charge in [0.05, 0.1) is 16.0 Å². The summed E-state index contributed by atoms with van der Waals surface area (Å²) < 4.78 is 13.3. The van der Waals surface area contributed by atoms with Crippen molar-refractivity contribution in [1.29, 1.82) is 0 Å². The van der Waals surface area contributed by atoms with Crippen LogP contribution in [0.15, 0.2) is 12.1 Å². The minimum absolute atomic E-state index is 0.125. The minimum atomic E-state index is -0.813. The van der Waals surface area contributed by atoms with Crippen LogP contribution in [0.3, 0.4) is 0 Å². The number of nitrogens with zero attached hydrogens (tertiary/aromatic N) is 1. The maximum Gasteiger partial charge on any atom is 0.295 e. The lowest BCUT2D eigenvalue weighted by Gasteiger charge is -2.20. The van der Waals surface area contributed by atoms with E-state index in [2.05, 4.69) is 5.32 Å². The lowest BCUT2D eigenvalue weighted by Crippen LogP contribution is -2.30. The number of nitro groups is 1. The highest BCUT2D eigenvalue weighted by molar-refractivity contribution is 6.31. The molecule has 0 aliphatic carbocycles. The Balaban J connectivity index is 3.04. The van der Waals surface area contributed by atoms with Crippen molar-refractivity contribution >= 4 is 23.0 Å². The van der Waals surface area contributed by atoms with Gasteiger partial charge in [0, 0.05) is 12.6 Å². The summed E-state index contributed by atoms with van der Waals surface area (Å²) in [6.45, 7) is 4.37. The van der Waals surface area contributed by atoms with E-state index in [1.807, 2.05) is 13.8 Å². The molecule has 0 radical (unpaired) electrons. The molecule has 0 saturated heterocycles. The van der Waals surface area contributed by atoms with Gasteiger partial charge in [-0.1, -0.05) is 25.4 Å². The van der Waals surface area contributed by atoms with Gasteiger partial charge in [0.25, 0.3) is 5.69 Å². The number of benzene rings is 1. The van der Waals surface area contributed by atoms with Crippen LogP contribution in [-0.4, -0.2) is 17.5 Å². The topological polar surface area (TPSA) is 81.2 Å². The molecule has 19 heavy (non-hydrogen) atoms. The summed E-state index contributed by atoms with van der Waals surface area (Å²) in [6.07, 6.45) is 0.753. The van der Waals surface area contributed by atoms with Crippen LogP contribution in [0.5, 0.6) is 0 Å². The molecule has 1 rings (SSSR count). The van der Waals surface area contributed by atoms with Gasteiger partial charge < -0.3 is 11.1 Å². The number of nitrogens with one attached hydrogen (secondary N) is 1. The Morgan fingerprint density at radius 1 is 1.53 bits per heavy atom. The molecule has 106 valence electrons. The largest absolute Gasteiger partial charge is 0.375 e. The Morgan fingerprint density at radius 3 is 2.63 bits per heavy atom. The fraction of sp³-hybridized carbons (Fsp3) is 0.500. The molecular formula is C12H17ClFN3O2. The molecule has 0 aliphatic heterocycles. The van der Waals surface area contributed by atoms with Gasteiger partial charge >= 0.3 is 0 Å². The van der Waals surface area contributed by atoms with Crippen molar-refractivity contribution in [3.8, 4) is 0 Å². The Hall–Kier alpha value is -1.40. The van der Waals surface area contributed by atoms with Crippen LogP contribution in [0.4, 0.5) is 15.8 Å². The molecule has 0 amide bonds. The highest BCUT2D eigenvalue weighted by atomic mass is 35.5. The first-order valence-corrected chi connectivity index (χ1v) is 6.33. The highest BCUT2D eigenvalue weighted by Gasteiger charge is 2.20. The molecule has 3 N–H and O–H groups in total. The number of rotatable bonds is 6. The van der Waals surface area contributed by atoms with E-state index in [1.54, 1.807) is 0 Å². The van der Waals surface area contributed by atoms with Crippen LogP contribution in [-0.2, 0) is 0 Å². The summed E-state index contributed by atoms with van der Waals surface area (Å²) in [6, 6.07) is 1.91. The summed E-state index contributed by atoms with van der Waals surface area (Å²) in [7, 11) is 0. The summed E-state index contributed by atoms with van der Waals surface area (Å²) in [5, 5.41) is 13.7. The maximum absolute atomic E-state index is 13.3. The molecule has 0 saturated carbocycles. The van der Waals surface area contributed by atoms with E-state index < -0.39 is 10.7 Å². The molecule has 0 aliphatic rings. The van der Waals surface area contributed by atoms with E-state index in [0.717, 1.165) is 12.5 Å². The van der Waals surface area contributed by atoms with Gasteiger partial charge in [0.2, 0.25) is 0 Å². The molecule has 1 unspecified atom stereocenters. The third-order valence-electron chi connectivity index (χ3n) is 2.64. The van der Waals surface area contributed by atoms with Crippen molar-refractivity contribution in [2.75, 3.05) is 11.9 Å². The summed E-state index contributed by atoms with van der Waals surface area (Å²) >= 11 is 5.65. The molecule has 1 aromatic carbocycles. The van der Waals surface area contributed by atoms with Crippen molar-refractivity contribution in [1.82, 2.24) is 0 Å². The predicted octanol–water partition coefficient (Wildman–Crippen LogP) is 3.17. The van der Waals surface area contributed by atoms with Crippen LogP contribution in [0, 0.1) is 21.8 Å². The maximum atomic E-state index is 13.3. The monoisotopic (exact) mass is 289 g/mol. The fourth-order valence-corrected chi connectivity index (χ4v) is 1.97. The minimum Gasteiger partial charge on any atom is -0.375 e. The van der Waals surface area contributed by atoms with Gasteiger partial charge in [-0.3, -0.25) is 10.1 Å². The molecule has 0 aromatic heterocycles. The first-order chi connectivity index (χ1) is 8.85. The zero-order valence-corrected chi connectivity index (χ0v) is 11.6. The number of anilines is 1. The molecule has 1 atom stereocenters. The van der Waals surface area contributed by atoms with Crippen molar-refractivity contribution in [2.45, 2.75) is 26.3 Å². The molecule has 7 heteroatoms. The van der Waals surface area contributed by atoms with E-state index in [9.17, 15) is 14.5 Å². The number of halogens is 2. The summed E-state index contributed by atoms with van der Waals surface area (Å²) in [4.78, 5) is 10.3. The smallest absolute Gasteiger partial charge is 0.295 e. The average molecular weight is 290 g/mol. The molecule has 0 spiro atoms. The zero-order chi connectivity index (χ0) is 14.6. The van der Waals surface area contributed by atoms with Crippen LogP contribution in [0.25, 0.3) is 0 Å². The van der Waals surface area contributed by atoms with Crippen LogP contribution >= 0.6 is 11.6 Å². The van der Waals surface area contributed by atoms with Crippen molar-refractivity contribution < 1.29 is 9.31 Å². The third kappa shape index (κ3) is 4.33. The number of hydrogen-bond acceptors (Lipinski definition) is 4. The quantitative estimate of drug-likeness (QED) is 0.622. The molecule has 1 aromatic rings. The number of hydrogen-bond donors (Lipinski definition) is 2. The van der Waals surface area contributed by atoms with Crippen LogP contribution in [0.2, 0.25) is 5.02 Å². The van der Waals surface area contributed by atoms with Gasteiger partial charge in [0.1, 0.15) is 11.5 Å². The third-order valence-corrected chi connectivity index (χ3v) is 2.93. The van der Waals surface area contributed by atoms with Crippen molar-refractivity contribution in [2.24, 2.45) is 11.7 Å².